The first-order chi connectivity index (χ1) is 10.1. The topological polar surface area (TPSA) is 76.4 Å². The Labute approximate surface area is 129 Å². The summed E-state index contributed by atoms with van der Waals surface area (Å²) >= 11 is 5.89. The lowest BCUT2D eigenvalue weighted by Gasteiger charge is -2.33. The molecule has 1 saturated heterocycles. The smallest absolute Gasteiger partial charge is 0.238 e. The van der Waals surface area contributed by atoms with E-state index in [2.05, 4.69) is 5.32 Å². The molecule has 1 aromatic carbocycles. The maximum Gasteiger partial charge on any atom is 0.238 e. The summed E-state index contributed by atoms with van der Waals surface area (Å²) in [6.45, 7) is 1.08. The molecule has 112 valence electrons. The van der Waals surface area contributed by atoms with E-state index in [1.54, 1.807) is 18.2 Å². The largest absolute Gasteiger partial charge is 0.395 e. The second-order valence-corrected chi connectivity index (χ2v) is 5.59. The third kappa shape index (κ3) is 4.18. The molecule has 1 heterocycles. The Morgan fingerprint density at radius 3 is 3.05 bits per heavy atom. The first kappa shape index (κ1) is 15.8. The summed E-state index contributed by atoms with van der Waals surface area (Å²) in [7, 11) is 0. The van der Waals surface area contributed by atoms with Gasteiger partial charge in [-0.2, -0.15) is 5.26 Å². The van der Waals surface area contributed by atoms with E-state index < -0.39 is 0 Å². The molecule has 1 aromatic rings. The van der Waals surface area contributed by atoms with Gasteiger partial charge in [0.2, 0.25) is 5.91 Å². The highest BCUT2D eigenvalue weighted by Gasteiger charge is 2.23. The Bertz CT molecular complexity index is 556. The zero-order valence-corrected chi connectivity index (χ0v) is 12.4. The van der Waals surface area contributed by atoms with E-state index in [1.165, 1.54) is 0 Å². The minimum absolute atomic E-state index is 0.0410. The summed E-state index contributed by atoms with van der Waals surface area (Å²) in [6.07, 6.45) is 3.02. The van der Waals surface area contributed by atoms with Gasteiger partial charge in [0.15, 0.2) is 0 Å². The van der Waals surface area contributed by atoms with Gasteiger partial charge in [0.25, 0.3) is 0 Å². The summed E-state index contributed by atoms with van der Waals surface area (Å²) in [4.78, 5) is 14.1. The van der Waals surface area contributed by atoms with Gasteiger partial charge in [-0.3, -0.25) is 9.69 Å². The fraction of sp³-hybridized carbons (Fsp3) is 0.467. The highest BCUT2D eigenvalue weighted by molar-refractivity contribution is 6.31. The minimum Gasteiger partial charge on any atom is -0.395 e. The Morgan fingerprint density at radius 2 is 2.33 bits per heavy atom. The van der Waals surface area contributed by atoms with E-state index in [0.717, 1.165) is 25.8 Å². The van der Waals surface area contributed by atoms with Crippen LogP contribution >= 0.6 is 11.6 Å². The number of hydrogen-bond donors (Lipinski definition) is 2. The number of anilines is 1. The van der Waals surface area contributed by atoms with Crippen molar-refractivity contribution >= 4 is 23.2 Å². The third-order valence-electron chi connectivity index (χ3n) is 3.68. The average Bonchev–Trinajstić information content (AvgIpc) is 2.48. The first-order valence-electron chi connectivity index (χ1n) is 6.98. The van der Waals surface area contributed by atoms with Crippen molar-refractivity contribution in [1.29, 1.82) is 5.26 Å². The molecule has 0 radical (unpaired) electrons. The monoisotopic (exact) mass is 307 g/mol. The van der Waals surface area contributed by atoms with Crippen molar-refractivity contribution in [1.82, 2.24) is 4.90 Å². The quantitative estimate of drug-likeness (QED) is 0.892. The molecule has 1 aliphatic heterocycles. The number of nitriles is 1. The van der Waals surface area contributed by atoms with Gasteiger partial charge in [-0.15, -0.1) is 0 Å². The molecule has 2 N–H and O–H groups in total. The molecular weight excluding hydrogens is 290 g/mol. The maximum atomic E-state index is 12.1. The molecule has 1 fully saturated rings. The Morgan fingerprint density at radius 1 is 1.52 bits per heavy atom. The molecule has 6 heteroatoms. The predicted octanol–water partition coefficient (Wildman–Crippen LogP) is 2.00. The highest BCUT2D eigenvalue weighted by atomic mass is 35.5. The van der Waals surface area contributed by atoms with Gasteiger partial charge in [-0.05, 0) is 37.6 Å². The van der Waals surface area contributed by atoms with E-state index in [0.29, 0.717) is 16.3 Å². The molecule has 2 rings (SSSR count). The second-order valence-electron chi connectivity index (χ2n) is 5.15. The van der Waals surface area contributed by atoms with Gasteiger partial charge in [-0.25, -0.2) is 0 Å². The Kier molecular flexibility index (Phi) is 5.57. The van der Waals surface area contributed by atoms with Gasteiger partial charge in [0, 0.05) is 11.1 Å². The zero-order chi connectivity index (χ0) is 15.2. The van der Waals surface area contributed by atoms with Crippen LogP contribution in [0.15, 0.2) is 18.2 Å². The van der Waals surface area contributed by atoms with Crippen LogP contribution in [0.3, 0.4) is 0 Å². The van der Waals surface area contributed by atoms with E-state index in [1.807, 2.05) is 11.0 Å². The summed E-state index contributed by atoms with van der Waals surface area (Å²) < 4.78 is 0. The third-order valence-corrected chi connectivity index (χ3v) is 3.92. The molecule has 0 aliphatic carbocycles. The number of nitrogens with one attached hydrogen (secondary N) is 1. The van der Waals surface area contributed by atoms with E-state index in [4.69, 9.17) is 16.9 Å². The molecule has 0 saturated carbocycles. The number of aliphatic hydroxyl groups is 1. The normalized spacial score (nSPS) is 19.0. The predicted molar refractivity (Wildman–Crippen MR) is 81.1 cm³/mol. The lowest BCUT2D eigenvalue weighted by atomic mass is 10.0. The summed E-state index contributed by atoms with van der Waals surface area (Å²) in [6, 6.07) is 6.83. The SMILES string of the molecule is N#Cc1ccc(Cl)cc1NC(=O)CN1CCCCC1CO. The number of rotatable bonds is 4. The van der Waals surface area contributed by atoms with Gasteiger partial charge in [0.1, 0.15) is 6.07 Å². The molecule has 1 unspecified atom stereocenters. The van der Waals surface area contributed by atoms with Crippen LogP contribution in [0.1, 0.15) is 24.8 Å². The van der Waals surface area contributed by atoms with Crippen LogP contribution in [-0.4, -0.2) is 41.7 Å². The van der Waals surface area contributed by atoms with Crippen molar-refractivity contribution < 1.29 is 9.90 Å². The molecule has 0 aromatic heterocycles. The van der Waals surface area contributed by atoms with Crippen LogP contribution < -0.4 is 5.32 Å². The molecule has 21 heavy (non-hydrogen) atoms. The van der Waals surface area contributed by atoms with E-state index in [-0.39, 0.29) is 25.1 Å². The standard InChI is InChI=1S/C15H18ClN3O2/c16-12-5-4-11(8-17)14(7-12)18-15(21)9-19-6-2-1-3-13(19)10-20/h4-5,7,13,20H,1-3,6,9-10H2,(H,18,21). The van der Waals surface area contributed by atoms with Crippen molar-refractivity contribution in [2.24, 2.45) is 0 Å². The fourth-order valence-corrected chi connectivity index (χ4v) is 2.74. The number of nitrogens with zero attached hydrogens (tertiary/aromatic N) is 2. The van der Waals surface area contributed by atoms with Crippen molar-refractivity contribution in [2.45, 2.75) is 25.3 Å². The molecule has 1 amide bonds. The molecular formula is C15H18ClN3O2. The van der Waals surface area contributed by atoms with Gasteiger partial charge >= 0.3 is 0 Å². The Hall–Kier alpha value is -1.61. The van der Waals surface area contributed by atoms with E-state index in [9.17, 15) is 9.90 Å². The highest BCUT2D eigenvalue weighted by Crippen LogP contribution is 2.21. The number of carbonyl (C=O) groups is 1. The zero-order valence-electron chi connectivity index (χ0n) is 11.7. The van der Waals surface area contributed by atoms with E-state index >= 15 is 0 Å². The number of amides is 1. The Balaban J connectivity index is 2.01. The second kappa shape index (κ2) is 7.41. The van der Waals surface area contributed by atoms with Crippen molar-refractivity contribution in [3.05, 3.63) is 28.8 Å². The number of halogens is 1. The van der Waals surface area contributed by atoms with Crippen molar-refractivity contribution in [3.63, 3.8) is 0 Å². The fourth-order valence-electron chi connectivity index (χ4n) is 2.57. The number of likely N-dealkylation sites (tertiary alicyclic amines) is 1. The van der Waals surface area contributed by atoms with Crippen LogP contribution in [0.4, 0.5) is 5.69 Å². The first-order valence-corrected chi connectivity index (χ1v) is 7.36. The number of benzene rings is 1. The van der Waals surface area contributed by atoms with Gasteiger partial charge < -0.3 is 10.4 Å². The van der Waals surface area contributed by atoms with Crippen LogP contribution in [0.2, 0.25) is 5.02 Å². The minimum atomic E-state index is -0.200. The molecule has 0 bridgehead atoms. The lowest BCUT2D eigenvalue weighted by molar-refractivity contribution is -0.118. The van der Waals surface area contributed by atoms with Crippen molar-refractivity contribution in [3.8, 4) is 6.07 Å². The number of hydrogen-bond acceptors (Lipinski definition) is 4. The van der Waals surface area contributed by atoms with Crippen LogP contribution in [-0.2, 0) is 4.79 Å². The van der Waals surface area contributed by atoms with Gasteiger partial charge in [0.05, 0.1) is 24.4 Å². The van der Waals surface area contributed by atoms with Crippen LogP contribution in [0, 0.1) is 11.3 Å². The average molecular weight is 308 g/mol. The van der Waals surface area contributed by atoms with Crippen LogP contribution in [0.25, 0.3) is 0 Å². The molecule has 5 nitrogen and oxygen atoms in total. The van der Waals surface area contributed by atoms with Crippen LogP contribution in [0.5, 0.6) is 0 Å². The number of piperidine rings is 1. The number of aliphatic hydroxyl groups excluding tert-OH is 1. The summed E-state index contributed by atoms with van der Waals surface area (Å²) in [5.74, 6) is -0.200. The lowest BCUT2D eigenvalue weighted by Crippen LogP contribution is -2.45. The summed E-state index contributed by atoms with van der Waals surface area (Å²) in [5, 5.41) is 21.6. The number of carbonyl (C=O) groups excluding carboxylic acids is 1. The summed E-state index contributed by atoms with van der Waals surface area (Å²) in [5.41, 5.74) is 0.803. The van der Waals surface area contributed by atoms with Gasteiger partial charge in [-0.1, -0.05) is 18.0 Å². The molecule has 1 atom stereocenters. The maximum absolute atomic E-state index is 12.1. The molecule has 0 spiro atoms. The van der Waals surface area contributed by atoms with Crippen molar-refractivity contribution in [2.75, 3.05) is 25.0 Å². The molecule has 1 aliphatic rings.